The van der Waals surface area contributed by atoms with Gasteiger partial charge in [0.2, 0.25) is 5.78 Å². The summed E-state index contributed by atoms with van der Waals surface area (Å²) in [5.74, 6) is -2.83. The molecule has 1 aromatic heterocycles. The van der Waals surface area contributed by atoms with Crippen molar-refractivity contribution in [3.05, 3.63) is 61.3 Å². The van der Waals surface area contributed by atoms with Crippen molar-refractivity contribution < 1.29 is 19.1 Å². The van der Waals surface area contributed by atoms with Gasteiger partial charge in [0.05, 0.1) is 0 Å². The molecule has 0 aliphatic heterocycles. The minimum Gasteiger partial charge on any atom is -0.456 e. The Kier molecular flexibility index (Phi) is 7.98. The number of esters is 1. The normalized spacial score (nSPS) is 12.7. The zero-order valence-corrected chi connectivity index (χ0v) is 18.9. The average molecular weight is 465 g/mol. The molecule has 0 saturated heterocycles. The molecule has 3 N–H and O–H groups in total. The summed E-state index contributed by atoms with van der Waals surface area (Å²) in [4.78, 5) is 62.0. The van der Waals surface area contributed by atoms with Crippen LogP contribution in [0.15, 0.2) is 33.9 Å². The molecule has 10 nitrogen and oxygen atoms in total. The molecule has 1 amide bonds. The molecule has 0 radical (unpaired) electrons. The number of nitrogens with zero attached hydrogens (tertiary/aromatic N) is 2. The second kappa shape index (κ2) is 10.3. The fourth-order valence-electron chi connectivity index (χ4n) is 2.92. The molecule has 0 fully saturated rings. The van der Waals surface area contributed by atoms with Crippen molar-refractivity contribution in [1.82, 2.24) is 14.5 Å². The van der Waals surface area contributed by atoms with Gasteiger partial charge in [-0.05, 0) is 30.2 Å². The van der Waals surface area contributed by atoms with E-state index in [2.05, 4.69) is 5.32 Å². The van der Waals surface area contributed by atoms with Gasteiger partial charge in [0.15, 0.2) is 6.61 Å². The Labute approximate surface area is 188 Å². The van der Waals surface area contributed by atoms with E-state index in [1.165, 1.54) is 26.2 Å². The van der Waals surface area contributed by atoms with Crippen LogP contribution < -0.4 is 22.3 Å². The van der Waals surface area contributed by atoms with Crippen molar-refractivity contribution in [3.8, 4) is 0 Å². The quantitative estimate of drug-likeness (QED) is 0.436. The van der Waals surface area contributed by atoms with Gasteiger partial charge in [-0.1, -0.05) is 31.9 Å². The maximum atomic E-state index is 12.7. The van der Waals surface area contributed by atoms with E-state index in [1.54, 1.807) is 19.1 Å². The van der Waals surface area contributed by atoms with Gasteiger partial charge in [0.1, 0.15) is 17.4 Å². The van der Waals surface area contributed by atoms with Crippen LogP contribution >= 0.6 is 11.6 Å². The number of ether oxygens (including phenoxy) is 1. The van der Waals surface area contributed by atoms with Crippen LogP contribution in [0.25, 0.3) is 0 Å². The number of amides is 1. The van der Waals surface area contributed by atoms with Crippen LogP contribution in [0.3, 0.4) is 0 Å². The van der Waals surface area contributed by atoms with Crippen molar-refractivity contribution >= 4 is 35.1 Å². The molecule has 1 heterocycles. The lowest BCUT2D eigenvalue weighted by Crippen LogP contribution is -2.46. The molecular formula is C21H25ClN4O6. The Morgan fingerprint density at radius 3 is 2.28 bits per heavy atom. The molecule has 172 valence electrons. The summed E-state index contributed by atoms with van der Waals surface area (Å²) in [5.41, 5.74) is 4.02. The SMILES string of the molecule is CC[C@H](C)[C@@H](NC(=O)c1ccc(Cl)cc1)C(=O)OCC(=O)c1c(N)n(C)c(=O)n(C)c1=O. The number of benzene rings is 1. The van der Waals surface area contributed by atoms with Crippen LogP contribution in [0, 0.1) is 5.92 Å². The Morgan fingerprint density at radius 2 is 1.72 bits per heavy atom. The number of carbonyl (C=O) groups excluding carboxylic acids is 3. The lowest BCUT2D eigenvalue weighted by molar-refractivity contribution is -0.146. The number of carbonyl (C=O) groups is 3. The van der Waals surface area contributed by atoms with Crippen LogP contribution in [-0.2, 0) is 23.6 Å². The molecule has 2 rings (SSSR count). The first kappa shape index (κ1) is 24.9. The van der Waals surface area contributed by atoms with Crippen molar-refractivity contribution in [2.24, 2.45) is 20.0 Å². The smallest absolute Gasteiger partial charge is 0.332 e. The largest absolute Gasteiger partial charge is 0.456 e. The maximum Gasteiger partial charge on any atom is 0.332 e. The lowest BCUT2D eigenvalue weighted by atomic mass is 9.98. The molecule has 2 atom stereocenters. The molecule has 11 heteroatoms. The van der Waals surface area contributed by atoms with Crippen molar-refractivity contribution in [2.45, 2.75) is 26.3 Å². The second-order valence-corrected chi connectivity index (χ2v) is 7.78. The van der Waals surface area contributed by atoms with Crippen molar-refractivity contribution in [3.63, 3.8) is 0 Å². The third-order valence-electron chi connectivity index (χ3n) is 5.19. The number of halogens is 1. The number of rotatable bonds is 8. The Morgan fingerprint density at radius 1 is 1.12 bits per heavy atom. The summed E-state index contributed by atoms with van der Waals surface area (Å²) >= 11 is 5.83. The fraction of sp³-hybridized carbons (Fsp3) is 0.381. The summed E-state index contributed by atoms with van der Waals surface area (Å²) in [6.07, 6.45) is 0.545. The van der Waals surface area contributed by atoms with Crippen LogP contribution in [0.5, 0.6) is 0 Å². The van der Waals surface area contributed by atoms with E-state index in [0.717, 1.165) is 9.13 Å². The summed E-state index contributed by atoms with van der Waals surface area (Å²) in [6, 6.07) is 5.08. The summed E-state index contributed by atoms with van der Waals surface area (Å²) < 4.78 is 6.79. The molecule has 2 aromatic rings. The number of ketones is 1. The van der Waals surface area contributed by atoms with Crippen LogP contribution in [0.1, 0.15) is 41.0 Å². The van der Waals surface area contributed by atoms with E-state index >= 15 is 0 Å². The van der Waals surface area contributed by atoms with Gasteiger partial charge in [-0.15, -0.1) is 0 Å². The highest BCUT2D eigenvalue weighted by atomic mass is 35.5. The molecule has 0 aliphatic rings. The van der Waals surface area contributed by atoms with Gasteiger partial charge in [0.25, 0.3) is 11.5 Å². The number of nitrogens with two attached hydrogens (primary N) is 1. The standard InChI is InChI=1S/C21H25ClN4O6/c1-5-11(2)16(24-18(28)12-6-8-13(22)9-7-12)20(30)32-10-14(27)15-17(23)25(3)21(31)26(4)19(15)29/h6-9,11,16H,5,10,23H2,1-4H3,(H,24,28)/t11-,16+/m0/s1. The first-order valence-electron chi connectivity index (χ1n) is 9.81. The molecule has 0 bridgehead atoms. The van der Waals surface area contributed by atoms with Gasteiger partial charge in [-0.25, -0.2) is 9.59 Å². The minimum absolute atomic E-state index is 0.299. The first-order chi connectivity index (χ1) is 15.0. The molecule has 0 spiro atoms. The number of nitrogens with one attached hydrogen (secondary N) is 1. The lowest BCUT2D eigenvalue weighted by Gasteiger charge is -2.22. The minimum atomic E-state index is -1.03. The van der Waals surface area contributed by atoms with E-state index in [1.807, 2.05) is 6.92 Å². The second-order valence-electron chi connectivity index (χ2n) is 7.34. The zero-order chi connectivity index (χ0) is 24.2. The number of nitrogen functional groups attached to an aromatic ring is 1. The number of aromatic nitrogens is 2. The fourth-order valence-corrected chi connectivity index (χ4v) is 3.04. The van der Waals surface area contributed by atoms with E-state index in [0.29, 0.717) is 17.0 Å². The highest BCUT2D eigenvalue weighted by molar-refractivity contribution is 6.30. The maximum absolute atomic E-state index is 12.7. The Bertz CT molecular complexity index is 1150. The number of hydrogen-bond acceptors (Lipinski definition) is 7. The summed E-state index contributed by atoms with van der Waals surface area (Å²) in [6.45, 7) is 2.80. The van der Waals surface area contributed by atoms with Crippen molar-refractivity contribution in [2.75, 3.05) is 12.3 Å². The monoisotopic (exact) mass is 464 g/mol. The van der Waals surface area contributed by atoms with Crippen LogP contribution in [0.2, 0.25) is 5.02 Å². The van der Waals surface area contributed by atoms with E-state index in [9.17, 15) is 24.0 Å². The average Bonchev–Trinajstić information content (AvgIpc) is 2.78. The molecule has 0 saturated carbocycles. The molecule has 0 unspecified atom stereocenters. The van der Waals surface area contributed by atoms with Crippen LogP contribution in [-0.4, -0.2) is 39.4 Å². The Balaban J connectivity index is 2.18. The Hall–Kier alpha value is -3.40. The third kappa shape index (κ3) is 5.25. The summed E-state index contributed by atoms with van der Waals surface area (Å²) in [7, 11) is 2.52. The summed E-state index contributed by atoms with van der Waals surface area (Å²) in [5, 5.41) is 3.07. The molecule has 1 aromatic carbocycles. The first-order valence-corrected chi connectivity index (χ1v) is 10.2. The number of anilines is 1. The highest BCUT2D eigenvalue weighted by Gasteiger charge is 2.29. The van der Waals surface area contributed by atoms with E-state index < -0.39 is 47.1 Å². The molecular weight excluding hydrogens is 440 g/mol. The van der Waals surface area contributed by atoms with Gasteiger partial charge in [-0.2, -0.15) is 0 Å². The molecule has 0 aliphatic carbocycles. The predicted molar refractivity (Wildman–Crippen MR) is 119 cm³/mol. The number of Topliss-reactive ketones (excluding diaryl/α,β-unsaturated/α-hetero) is 1. The van der Waals surface area contributed by atoms with Gasteiger partial charge in [-0.3, -0.25) is 23.5 Å². The van der Waals surface area contributed by atoms with E-state index in [4.69, 9.17) is 22.1 Å². The number of hydrogen-bond donors (Lipinski definition) is 2. The topological polar surface area (TPSA) is 142 Å². The van der Waals surface area contributed by atoms with Gasteiger partial charge < -0.3 is 15.8 Å². The van der Waals surface area contributed by atoms with E-state index in [-0.39, 0.29) is 11.7 Å². The highest BCUT2D eigenvalue weighted by Crippen LogP contribution is 2.14. The molecule has 32 heavy (non-hydrogen) atoms. The van der Waals surface area contributed by atoms with Gasteiger partial charge >= 0.3 is 11.7 Å². The predicted octanol–water partition coefficient (Wildman–Crippen LogP) is 0.890. The van der Waals surface area contributed by atoms with Gasteiger partial charge in [0, 0.05) is 24.7 Å². The van der Waals surface area contributed by atoms with Crippen LogP contribution in [0.4, 0.5) is 5.82 Å². The zero-order valence-electron chi connectivity index (χ0n) is 18.2. The van der Waals surface area contributed by atoms with Crippen molar-refractivity contribution in [1.29, 1.82) is 0 Å². The third-order valence-corrected chi connectivity index (χ3v) is 5.45.